The van der Waals surface area contributed by atoms with E-state index in [1.807, 2.05) is 0 Å². The number of phosphoric acid groups is 2. The molecule has 0 saturated carbocycles. The number of rotatable bonds is 52. The molecule has 0 rings (SSSR count). The molecule has 0 aromatic rings. The van der Waals surface area contributed by atoms with E-state index in [2.05, 4.69) is 61.5 Å². The summed E-state index contributed by atoms with van der Waals surface area (Å²) in [5.41, 5.74) is 0. The Bertz CT molecular complexity index is 6100. The van der Waals surface area contributed by atoms with Gasteiger partial charge >= 0.3 is 685 Å². The Kier molecular flexibility index (Phi) is 40.9. The third-order valence-electron chi connectivity index (χ3n) is 4.44. The fourth-order valence-corrected chi connectivity index (χ4v) is 128. The molecule has 0 aliphatic rings. The molecule has 0 spiro atoms. The van der Waals surface area contributed by atoms with Gasteiger partial charge in [0.2, 0.25) is 0 Å². The van der Waals surface area contributed by atoms with Crippen LogP contribution in [0.3, 0.4) is 0 Å². The Hall–Kier alpha value is 6.13. The van der Waals surface area contributed by atoms with E-state index in [0.29, 0.717) is 0 Å². The van der Waals surface area contributed by atoms with Gasteiger partial charge in [0.05, 0.1) is 0 Å². The third-order valence-corrected chi connectivity index (χ3v) is 131. The molecule has 109 heavy (non-hydrogen) atoms. The summed E-state index contributed by atoms with van der Waals surface area (Å²) in [7, 11) is -24.5. The normalized spacial score (nSPS) is 15.8. The van der Waals surface area contributed by atoms with Crippen LogP contribution in [0, 0.1) is 0 Å². The quantitative estimate of drug-likeness (QED) is 0.0324. The van der Waals surface area contributed by atoms with Crippen molar-refractivity contribution in [2.24, 2.45) is 0 Å². The van der Waals surface area contributed by atoms with E-state index in [0.717, 1.165) is 0 Å². The summed E-state index contributed by atoms with van der Waals surface area (Å²) in [6.45, 7) is 0. The zero-order valence-corrected chi connectivity index (χ0v) is 95.5. The van der Waals surface area contributed by atoms with E-state index >= 15 is 0 Å². The molecule has 0 aliphatic carbocycles. The second-order valence-electron chi connectivity index (χ2n) is 13.0. The van der Waals surface area contributed by atoms with Gasteiger partial charge in [0.1, 0.15) is 0 Å². The topological polar surface area (TPSA) is 1210 Å². The minimum absolute atomic E-state index is 2.69. The van der Waals surface area contributed by atoms with Gasteiger partial charge in [0, 0.05) is 0 Å². The molecule has 82 nitrogen and oxygen atoms in total. The van der Waals surface area contributed by atoms with Crippen LogP contribution in [0.5, 0.6) is 0 Å². The maximum absolute atomic E-state index is 13.1. The van der Waals surface area contributed by atoms with Gasteiger partial charge in [-0.1, -0.05) is 0 Å². The Morgan fingerprint density at radius 1 is 0.156 bits per heavy atom. The van der Waals surface area contributed by atoms with E-state index in [4.69, 9.17) is 15.0 Å². The van der Waals surface area contributed by atoms with Crippen molar-refractivity contribution in [1.29, 1.82) is 0 Å². The molecule has 4 N–H and O–H groups in total. The molecule has 656 valence electrons. The zero-order valence-electron chi connectivity index (χ0n) is 44.7. The summed E-state index contributed by atoms with van der Waals surface area (Å²) in [4.78, 5) is 0. The van der Waals surface area contributed by atoms with Gasteiger partial charge in [-0.25, -0.2) is 0 Å². The summed E-state index contributed by atoms with van der Waals surface area (Å²) in [5, 5.41) is 0. The van der Waals surface area contributed by atoms with Crippen molar-refractivity contribution in [2.75, 3.05) is 0 Å². The Morgan fingerprint density at radius 2 is 0.248 bits per heavy atom. The van der Waals surface area contributed by atoms with Crippen molar-refractivity contribution in [3.05, 3.63) is 0 Å². The van der Waals surface area contributed by atoms with E-state index in [-0.39, 0.29) is 0 Å². The van der Waals surface area contributed by atoms with E-state index in [1.54, 1.807) is 0 Å². The summed E-state index contributed by atoms with van der Waals surface area (Å²) in [6, 6.07) is 0. The van der Waals surface area contributed by atoms with Crippen molar-refractivity contribution >= 4 is 26.0 Å². The SMILES string of the molecule is O=P([O][Mo](=[O])(=[O])[O][Mo](=[O])(=[O])[O][Mo](=[O])(=[O])[O][Mo](=[O])(=[O])[OH])([O][Mo](=[O])(=[O])[O][Mo](=[O])(=[O])[O][Mo](=[O])(=[O])[O][Mo](=[O])(=[O])[OH])[O][Mo](=[O])(=[O])[O][Mo](=[O])(=[O])[O][Mo](=[O])(=[O])[O][Mo](=[O])(=[O])[O]S(=O)(=O)[O][Mo](=[O])(=[O])[O][Mo](=[O])(=[O])[O][Mo](=[O])(=[O])[O][Mo](=[O])(=[O])[O]P(=O)([O][Mo](=[O])(=[O])[O][Mo](=[O])(=[O])[O][Mo](=[O])(=[O])[O][Mo](=[O])(=[O])[OH])[O][Mo](=[O])(=[O])[O][Mo](=[O])(=[O])[O][Mo](=[O])(=[O])[O][Mo](=[O])(=[O])[OH]. The van der Waals surface area contributed by atoms with Gasteiger partial charge in [-0.15, -0.1) is 0 Å². The molecule has 0 saturated heterocycles. The predicted molar refractivity (Wildman–Crippen MR) is 94.2 cm³/mol. The molecular weight excluding hydrogens is 3710 g/mol. The van der Waals surface area contributed by atoms with Gasteiger partial charge in [-0.2, -0.15) is 0 Å². The fourth-order valence-electron chi connectivity index (χ4n) is 3.04. The summed E-state index contributed by atoms with van der Waals surface area (Å²) < 4.78 is 727. The average Bonchev–Trinajstić information content (AvgIpc) is 0.785. The Balaban J connectivity index is 7.23. The second-order valence-corrected chi connectivity index (χ2v) is 116. The summed E-state index contributed by atoms with van der Waals surface area (Å²) in [5.74, 6) is 0. The Labute approximate surface area is 670 Å². The van der Waals surface area contributed by atoms with Crippen LogP contribution in [-0.2, 0) is 646 Å². The second kappa shape index (κ2) is 38.8. The minimum atomic E-state index is -9.47. The first kappa shape index (κ1) is 115. The van der Waals surface area contributed by atoms with Crippen molar-refractivity contribution in [1.82, 2.24) is 0 Å². The third kappa shape index (κ3) is 54.6. The van der Waals surface area contributed by atoms with Crippen LogP contribution in [-0.4, -0.2) is 23.5 Å². The monoisotopic (exact) mass is 3760 g/mol. The van der Waals surface area contributed by atoms with Crippen LogP contribution < -0.4 is 0 Å². The molecule has 0 fully saturated rings. The first-order valence-electron chi connectivity index (χ1n) is 18.2. The van der Waals surface area contributed by atoms with Crippen LogP contribution in [0.15, 0.2) is 0 Å². The van der Waals surface area contributed by atoms with Crippen molar-refractivity contribution in [3.63, 3.8) is 0 Å². The van der Waals surface area contributed by atoms with Crippen LogP contribution in [0.2, 0.25) is 0 Å². The number of hydrogen-bond donors (Lipinski definition) is 4. The van der Waals surface area contributed by atoms with Crippen LogP contribution >= 0.6 is 15.6 Å². The fraction of sp³-hybridized carbons (Fsp3) is 0. The molecule has 0 aliphatic heterocycles. The molecule has 0 amide bonds. The molecule has 0 aromatic carbocycles. The molecule has 0 unspecified atom stereocenters. The van der Waals surface area contributed by atoms with Gasteiger partial charge < -0.3 is 0 Å². The molecule has 0 radical (unpaired) electrons. The van der Waals surface area contributed by atoms with Crippen LogP contribution in [0.1, 0.15) is 0 Å². The maximum atomic E-state index is 13.1. The summed E-state index contributed by atoms with van der Waals surface area (Å²) in [6.07, 6.45) is 0. The van der Waals surface area contributed by atoms with Crippen molar-refractivity contribution < 1.29 is 659 Å². The van der Waals surface area contributed by atoms with Crippen LogP contribution in [0.4, 0.5) is 0 Å². The molecule has 0 heterocycles. The first-order valence-corrected chi connectivity index (χ1v) is 101. The molecule has 0 bridgehead atoms. The summed E-state index contributed by atoms with van der Waals surface area (Å²) >= 11 is -210. The first-order chi connectivity index (χ1) is 46.4. The molecule has 109 heteroatoms. The molecular formula is H4Mo24O82P2S. The van der Waals surface area contributed by atoms with Gasteiger partial charge in [-0.3, -0.25) is 0 Å². The van der Waals surface area contributed by atoms with E-state index < -0.39 is 428 Å². The van der Waals surface area contributed by atoms with Gasteiger partial charge in [0.25, 0.3) is 0 Å². The van der Waals surface area contributed by atoms with Crippen molar-refractivity contribution in [2.45, 2.75) is 0 Å². The number of hydrogen-bond acceptors (Lipinski definition) is 78. The standard InChI is InChI=1S/24Mo.2H3O4P.H2O4S.4H2O.66O/c;;;;;;;;;;;;;;;;;;;;;;;;3*1-5(2,3)4;;;;;;;;;;;;;;;;;;;;;;;;;;;;;;;;;;;;;;;;;;;;;;;;;;;;;;;;;;;;;;;;;;;;;;/h;;;;;;;;;;;;;;;;;;;;;;;;2*(H3,1,2,3,4);(H2,1,2,3,4);4*1H2;;;;;;;;;;;;;;;;;;;;;;;;;;;;;;;;;;;;;;;;;;;;;;;;;;;;;;;;;;;;;;;;;;/q;;;;;;;;;;;;12*+1;;;;;;;;;;;;;;;;;;;;;;;;;;;;;;;;;;;;;;;;;;;;;;;;;;;;;;;;;;;;;;;;;;;;;;;;;/p-12. The van der Waals surface area contributed by atoms with Gasteiger partial charge in [-0.05, 0) is 0 Å². The van der Waals surface area contributed by atoms with Crippen LogP contribution in [0.25, 0.3) is 0 Å². The van der Waals surface area contributed by atoms with E-state index in [1.165, 1.54) is 0 Å². The predicted octanol–water partition coefficient (Wildman–Crippen LogP) is -8.95. The van der Waals surface area contributed by atoms with E-state index in [9.17, 15) is 181 Å². The zero-order chi connectivity index (χ0) is 87.9. The molecule has 0 atom stereocenters. The Morgan fingerprint density at radius 3 is 0.358 bits per heavy atom. The van der Waals surface area contributed by atoms with Crippen molar-refractivity contribution in [3.8, 4) is 0 Å². The van der Waals surface area contributed by atoms with Gasteiger partial charge in [0.15, 0.2) is 0 Å². The molecule has 0 aromatic heterocycles. The average molecular weight is 3710 g/mol.